The molecule has 0 bridgehead atoms. The average molecular weight is 285 g/mol. The number of rotatable bonds is 2. The third-order valence-electron chi connectivity index (χ3n) is 4.09. The number of piperazine rings is 1. The number of hydrogen-bond acceptors (Lipinski definition) is 5. The second kappa shape index (κ2) is 4.53. The van der Waals surface area contributed by atoms with Crippen molar-refractivity contribution >= 4 is 10.0 Å². The highest BCUT2D eigenvalue weighted by atomic mass is 32.2. The van der Waals surface area contributed by atoms with E-state index in [4.69, 9.17) is 0 Å². The van der Waals surface area contributed by atoms with Gasteiger partial charge in [0.2, 0.25) is 0 Å². The van der Waals surface area contributed by atoms with Crippen molar-refractivity contribution in [2.45, 2.75) is 37.0 Å². The Kier molecular flexibility index (Phi) is 3.11. The first-order valence-corrected chi connectivity index (χ1v) is 8.04. The lowest BCUT2D eigenvalue weighted by Gasteiger charge is -2.40. The normalized spacial score (nSPS) is 29.6. The monoisotopic (exact) mass is 285 g/mol. The minimum atomic E-state index is -3.54. The van der Waals surface area contributed by atoms with Crippen LogP contribution in [0.3, 0.4) is 0 Å². The zero-order valence-electron chi connectivity index (χ0n) is 11.2. The van der Waals surface area contributed by atoms with Crippen molar-refractivity contribution in [1.82, 2.24) is 24.0 Å². The molecule has 0 N–H and O–H groups in total. The smallest absolute Gasteiger partial charge is 0.279 e. The van der Waals surface area contributed by atoms with Crippen molar-refractivity contribution < 1.29 is 8.42 Å². The van der Waals surface area contributed by atoms with E-state index in [0.717, 1.165) is 25.9 Å². The lowest BCUT2D eigenvalue weighted by Crippen LogP contribution is -2.56. The van der Waals surface area contributed by atoms with E-state index in [1.54, 1.807) is 11.4 Å². The third-order valence-corrected chi connectivity index (χ3v) is 6.05. The zero-order valence-corrected chi connectivity index (χ0v) is 12.0. The molecule has 1 aromatic heterocycles. The predicted molar refractivity (Wildman–Crippen MR) is 69.0 cm³/mol. The summed E-state index contributed by atoms with van der Waals surface area (Å²) in [6, 6.07) is 0.343. The van der Waals surface area contributed by atoms with Gasteiger partial charge in [-0.2, -0.15) is 4.31 Å². The number of fused-ring (bicyclic) bond motifs is 1. The molecule has 8 heteroatoms. The van der Waals surface area contributed by atoms with Gasteiger partial charge in [0.05, 0.1) is 0 Å². The van der Waals surface area contributed by atoms with Crippen molar-refractivity contribution in [1.29, 1.82) is 0 Å². The summed E-state index contributed by atoms with van der Waals surface area (Å²) in [4.78, 5) is 2.40. The van der Waals surface area contributed by atoms with Crippen LogP contribution in [-0.4, -0.2) is 64.1 Å². The number of sulfonamides is 1. The van der Waals surface area contributed by atoms with E-state index < -0.39 is 10.0 Å². The molecule has 19 heavy (non-hydrogen) atoms. The summed E-state index contributed by atoms with van der Waals surface area (Å²) in [7, 11) is -1.89. The largest absolute Gasteiger partial charge is 0.306 e. The van der Waals surface area contributed by atoms with Gasteiger partial charge in [0, 0.05) is 32.2 Å². The predicted octanol–water partition coefficient (Wildman–Crippen LogP) is -0.328. The van der Waals surface area contributed by atoms with Crippen LogP contribution in [-0.2, 0) is 17.1 Å². The molecule has 2 aliphatic heterocycles. The van der Waals surface area contributed by atoms with E-state index in [1.807, 2.05) is 6.92 Å². The summed E-state index contributed by atoms with van der Waals surface area (Å²) in [6.45, 7) is 4.42. The summed E-state index contributed by atoms with van der Waals surface area (Å²) < 4.78 is 28.4. The lowest BCUT2D eigenvalue weighted by molar-refractivity contribution is 0.116. The molecule has 106 valence electrons. The molecule has 7 nitrogen and oxygen atoms in total. The van der Waals surface area contributed by atoms with Gasteiger partial charge in [-0.1, -0.05) is 0 Å². The van der Waals surface area contributed by atoms with Gasteiger partial charge in [-0.3, -0.25) is 4.90 Å². The van der Waals surface area contributed by atoms with Gasteiger partial charge >= 0.3 is 0 Å². The van der Waals surface area contributed by atoms with Crippen molar-refractivity contribution in [3.05, 3.63) is 6.33 Å². The van der Waals surface area contributed by atoms with Gasteiger partial charge in [-0.15, -0.1) is 10.2 Å². The summed E-state index contributed by atoms with van der Waals surface area (Å²) in [5.41, 5.74) is 0. The second-order valence-corrected chi connectivity index (χ2v) is 7.22. The van der Waals surface area contributed by atoms with Gasteiger partial charge in [0.1, 0.15) is 6.33 Å². The first kappa shape index (κ1) is 13.0. The summed E-state index contributed by atoms with van der Waals surface area (Å²) in [5, 5.41) is 7.46. The van der Waals surface area contributed by atoms with E-state index in [9.17, 15) is 8.42 Å². The van der Waals surface area contributed by atoms with Crippen molar-refractivity contribution in [2.24, 2.45) is 7.05 Å². The quantitative estimate of drug-likeness (QED) is 0.744. The Balaban J connectivity index is 1.91. The zero-order chi connectivity index (χ0) is 13.6. The number of aryl methyl sites for hydroxylation is 1. The highest BCUT2D eigenvalue weighted by molar-refractivity contribution is 7.89. The molecule has 2 atom stereocenters. The average Bonchev–Trinajstić information content (AvgIpc) is 2.95. The first-order chi connectivity index (χ1) is 9.00. The van der Waals surface area contributed by atoms with Crippen LogP contribution in [0.2, 0.25) is 0 Å². The molecule has 3 rings (SSSR count). The highest BCUT2D eigenvalue weighted by Gasteiger charge is 2.41. The van der Waals surface area contributed by atoms with Crippen LogP contribution >= 0.6 is 0 Å². The van der Waals surface area contributed by atoms with E-state index in [0.29, 0.717) is 12.6 Å². The molecule has 2 unspecified atom stereocenters. The SMILES string of the molecule is CC1CN2CCCC2CN1S(=O)(=O)c1nncn1C. The second-order valence-electron chi connectivity index (χ2n) is 5.44. The van der Waals surface area contributed by atoms with Crippen LogP contribution < -0.4 is 0 Å². The van der Waals surface area contributed by atoms with Gasteiger partial charge < -0.3 is 4.57 Å². The Labute approximate surface area is 113 Å². The Hall–Kier alpha value is -0.990. The Bertz CT molecular complexity index is 569. The minimum Gasteiger partial charge on any atom is -0.306 e. The van der Waals surface area contributed by atoms with E-state index in [1.165, 1.54) is 10.9 Å². The van der Waals surface area contributed by atoms with Gasteiger partial charge in [0.25, 0.3) is 15.2 Å². The van der Waals surface area contributed by atoms with Crippen LogP contribution in [0.25, 0.3) is 0 Å². The topological polar surface area (TPSA) is 71.3 Å². The fourth-order valence-corrected chi connectivity index (χ4v) is 4.79. The molecule has 2 saturated heterocycles. The van der Waals surface area contributed by atoms with Gasteiger partial charge in [0.15, 0.2) is 0 Å². The third kappa shape index (κ3) is 2.07. The van der Waals surface area contributed by atoms with E-state index in [-0.39, 0.29) is 11.2 Å². The fourth-order valence-electron chi connectivity index (χ4n) is 3.11. The summed E-state index contributed by atoms with van der Waals surface area (Å²) >= 11 is 0. The van der Waals surface area contributed by atoms with Crippen molar-refractivity contribution in [3.8, 4) is 0 Å². The van der Waals surface area contributed by atoms with Gasteiger partial charge in [-0.05, 0) is 26.3 Å². The molecule has 1 aromatic rings. The molecule has 0 spiro atoms. The molecule has 2 aliphatic rings. The fraction of sp³-hybridized carbons (Fsp3) is 0.818. The van der Waals surface area contributed by atoms with Crippen LogP contribution in [0.5, 0.6) is 0 Å². The standard InChI is InChI=1S/C11H19N5O2S/c1-9-6-15-5-3-4-10(15)7-16(9)19(17,18)11-13-12-8-14(11)2/h8-10H,3-7H2,1-2H3. The van der Waals surface area contributed by atoms with Crippen LogP contribution in [0, 0.1) is 0 Å². The maximum atomic E-state index is 12.7. The number of hydrogen-bond donors (Lipinski definition) is 0. The highest BCUT2D eigenvalue weighted by Crippen LogP contribution is 2.28. The number of nitrogens with zero attached hydrogens (tertiary/aromatic N) is 5. The first-order valence-electron chi connectivity index (χ1n) is 6.60. The van der Waals surface area contributed by atoms with Crippen LogP contribution in [0.1, 0.15) is 19.8 Å². The Morgan fingerprint density at radius 2 is 2.16 bits per heavy atom. The Morgan fingerprint density at radius 1 is 1.37 bits per heavy atom. The van der Waals surface area contributed by atoms with E-state index >= 15 is 0 Å². The van der Waals surface area contributed by atoms with Crippen molar-refractivity contribution in [3.63, 3.8) is 0 Å². The molecule has 3 heterocycles. The molecular weight excluding hydrogens is 266 g/mol. The summed E-state index contributed by atoms with van der Waals surface area (Å²) in [5.74, 6) is 0. The molecule has 0 radical (unpaired) electrons. The summed E-state index contributed by atoms with van der Waals surface area (Å²) in [6.07, 6.45) is 3.66. The molecular formula is C11H19N5O2S. The van der Waals surface area contributed by atoms with Crippen LogP contribution in [0.4, 0.5) is 0 Å². The van der Waals surface area contributed by atoms with E-state index in [2.05, 4.69) is 15.1 Å². The molecule has 0 aliphatic carbocycles. The maximum absolute atomic E-state index is 12.7. The Morgan fingerprint density at radius 3 is 2.84 bits per heavy atom. The molecule has 2 fully saturated rings. The molecule has 0 saturated carbocycles. The maximum Gasteiger partial charge on any atom is 0.279 e. The minimum absolute atomic E-state index is 0.0175. The molecule has 0 aromatic carbocycles. The number of aromatic nitrogens is 3. The lowest BCUT2D eigenvalue weighted by atomic mass is 10.1. The van der Waals surface area contributed by atoms with Gasteiger partial charge in [-0.25, -0.2) is 8.42 Å². The van der Waals surface area contributed by atoms with Crippen molar-refractivity contribution in [2.75, 3.05) is 19.6 Å². The molecule has 0 amide bonds. The van der Waals surface area contributed by atoms with Crippen LogP contribution in [0.15, 0.2) is 11.5 Å².